The Labute approximate surface area is 232 Å². The predicted molar refractivity (Wildman–Crippen MR) is 150 cm³/mol. The van der Waals surface area contributed by atoms with Crippen molar-refractivity contribution in [1.29, 1.82) is 0 Å². The second kappa shape index (κ2) is 12.1. The van der Waals surface area contributed by atoms with Gasteiger partial charge in [-0.15, -0.1) is 0 Å². The summed E-state index contributed by atoms with van der Waals surface area (Å²) in [5.41, 5.74) is 1.13. The van der Waals surface area contributed by atoms with Crippen LogP contribution in [-0.2, 0) is 31.3 Å². The summed E-state index contributed by atoms with van der Waals surface area (Å²) in [5.74, 6) is -0.566. The highest BCUT2D eigenvalue weighted by Gasteiger charge is 2.28. The number of sulfonamides is 2. The zero-order valence-electron chi connectivity index (χ0n) is 20.7. The Morgan fingerprint density at radius 2 is 1.42 bits per heavy atom. The third-order valence-electron chi connectivity index (χ3n) is 6.24. The Morgan fingerprint density at radius 1 is 0.842 bits per heavy atom. The Morgan fingerprint density at radius 3 is 2.03 bits per heavy atom. The molecule has 4 rings (SSSR count). The van der Waals surface area contributed by atoms with E-state index in [0.29, 0.717) is 31.9 Å². The fraction of sp³-hybridized carbons (Fsp3) is 0.269. The van der Waals surface area contributed by atoms with Crippen molar-refractivity contribution in [2.24, 2.45) is 0 Å². The van der Waals surface area contributed by atoms with Gasteiger partial charge in [0.05, 0.1) is 9.79 Å². The zero-order valence-corrected chi connectivity index (χ0v) is 24.0. The molecule has 0 unspecified atom stereocenters. The monoisotopic (exact) mass is 620 g/mol. The molecule has 1 saturated heterocycles. The summed E-state index contributed by atoms with van der Waals surface area (Å²) < 4.78 is 56.8. The van der Waals surface area contributed by atoms with Gasteiger partial charge in [0, 0.05) is 36.3 Å². The molecule has 0 bridgehead atoms. The van der Waals surface area contributed by atoms with E-state index in [1.807, 2.05) is 37.4 Å². The van der Waals surface area contributed by atoms with Gasteiger partial charge < -0.3 is 10.2 Å². The van der Waals surface area contributed by atoms with Crippen LogP contribution in [0.25, 0.3) is 0 Å². The number of carbonyl (C=O) groups excluding carboxylic acids is 1. The number of hydrogen-bond acceptors (Lipinski definition) is 6. The van der Waals surface area contributed by atoms with Crippen molar-refractivity contribution in [3.8, 4) is 0 Å². The van der Waals surface area contributed by atoms with Crippen molar-refractivity contribution in [2.75, 3.05) is 38.5 Å². The van der Waals surface area contributed by atoms with Crippen LogP contribution in [0.2, 0.25) is 0 Å². The number of halogens is 1. The number of nitrogens with one attached hydrogen (secondary N) is 2. The summed E-state index contributed by atoms with van der Waals surface area (Å²) in [6.45, 7) is 2.15. The lowest BCUT2D eigenvalue weighted by atomic mass is 10.1. The minimum atomic E-state index is -4.00. The van der Waals surface area contributed by atoms with Crippen molar-refractivity contribution >= 4 is 47.6 Å². The molecule has 38 heavy (non-hydrogen) atoms. The van der Waals surface area contributed by atoms with Crippen LogP contribution >= 0.6 is 15.9 Å². The highest BCUT2D eigenvalue weighted by molar-refractivity contribution is 9.10. The van der Waals surface area contributed by atoms with Gasteiger partial charge in [0.15, 0.2) is 0 Å². The van der Waals surface area contributed by atoms with Crippen LogP contribution in [0.4, 0.5) is 5.69 Å². The molecule has 1 heterocycles. The van der Waals surface area contributed by atoms with Crippen LogP contribution in [0, 0.1) is 0 Å². The zero-order chi connectivity index (χ0) is 27.3. The molecule has 0 aliphatic carbocycles. The van der Waals surface area contributed by atoms with E-state index in [1.54, 1.807) is 12.1 Å². The number of nitrogens with zero attached hydrogens (tertiary/aromatic N) is 2. The minimum Gasteiger partial charge on any atom is -0.325 e. The van der Waals surface area contributed by atoms with Gasteiger partial charge in [0.1, 0.15) is 6.04 Å². The summed E-state index contributed by atoms with van der Waals surface area (Å²) in [6.07, 6.45) is 0.123. The first-order valence-electron chi connectivity index (χ1n) is 12.0. The van der Waals surface area contributed by atoms with E-state index >= 15 is 0 Å². The first-order chi connectivity index (χ1) is 18.0. The summed E-state index contributed by atoms with van der Waals surface area (Å²) in [5, 5.41) is 2.72. The minimum absolute atomic E-state index is 0.0324. The van der Waals surface area contributed by atoms with Crippen LogP contribution in [-0.4, -0.2) is 71.2 Å². The fourth-order valence-electron chi connectivity index (χ4n) is 4.02. The van der Waals surface area contributed by atoms with Gasteiger partial charge >= 0.3 is 0 Å². The average molecular weight is 622 g/mol. The highest BCUT2D eigenvalue weighted by atomic mass is 79.9. The Bertz CT molecular complexity index is 1460. The molecule has 1 aliphatic heterocycles. The van der Waals surface area contributed by atoms with E-state index in [4.69, 9.17) is 0 Å². The van der Waals surface area contributed by atoms with Crippen molar-refractivity contribution in [3.05, 3.63) is 88.9 Å². The number of benzene rings is 3. The molecule has 9 nitrogen and oxygen atoms in total. The van der Waals surface area contributed by atoms with Crippen molar-refractivity contribution in [3.63, 3.8) is 0 Å². The van der Waals surface area contributed by atoms with E-state index in [2.05, 4.69) is 30.9 Å². The summed E-state index contributed by atoms with van der Waals surface area (Å²) in [4.78, 5) is 15.5. The second-order valence-corrected chi connectivity index (χ2v) is 13.6. The molecule has 1 atom stereocenters. The molecular formula is C26H29BrN4O5S2. The van der Waals surface area contributed by atoms with Crippen LogP contribution in [0.1, 0.15) is 5.56 Å². The summed E-state index contributed by atoms with van der Waals surface area (Å²) in [6, 6.07) is 20.0. The molecule has 0 aromatic heterocycles. The van der Waals surface area contributed by atoms with Gasteiger partial charge in [-0.3, -0.25) is 4.79 Å². The van der Waals surface area contributed by atoms with Crippen LogP contribution in [0.3, 0.4) is 0 Å². The van der Waals surface area contributed by atoms with Crippen molar-refractivity contribution < 1.29 is 21.6 Å². The van der Waals surface area contributed by atoms with Gasteiger partial charge in [-0.05, 0) is 67.6 Å². The quantitative estimate of drug-likeness (QED) is 0.380. The molecular weight excluding hydrogens is 592 g/mol. The van der Waals surface area contributed by atoms with Gasteiger partial charge in [0.25, 0.3) is 0 Å². The Hall–Kier alpha value is -2.61. The Balaban J connectivity index is 1.51. The fourth-order valence-corrected chi connectivity index (χ4v) is 6.91. The van der Waals surface area contributed by atoms with Gasteiger partial charge in [-0.25, -0.2) is 16.8 Å². The van der Waals surface area contributed by atoms with Crippen molar-refractivity contribution in [2.45, 2.75) is 22.3 Å². The topological polar surface area (TPSA) is 116 Å². The number of hydrogen-bond donors (Lipinski definition) is 2. The lowest BCUT2D eigenvalue weighted by Crippen LogP contribution is -2.47. The summed E-state index contributed by atoms with van der Waals surface area (Å²) in [7, 11) is -5.69. The van der Waals surface area contributed by atoms with Crippen molar-refractivity contribution in [1.82, 2.24) is 13.9 Å². The third-order valence-corrected chi connectivity index (χ3v) is 10.2. The third kappa shape index (κ3) is 7.07. The molecule has 3 aromatic carbocycles. The van der Waals surface area contributed by atoms with Crippen LogP contribution < -0.4 is 10.0 Å². The van der Waals surface area contributed by atoms with E-state index < -0.39 is 32.0 Å². The lowest BCUT2D eigenvalue weighted by molar-refractivity contribution is -0.117. The molecule has 12 heteroatoms. The van der Waals surface area contributed by atoms with E-state index in [0.717, 1.165) is 10.0 Å². The first-order valence-corrected chi connectivity index (χ1v) is 15.7. The average Bonchev–Trinajstić information content (AvgIpc) is 2.89. The normalized spacial score (nSPS) is 16.2. The molecule has 1 amide bonds. The molecule has 3 aromatic rings. The standard InChI is InChI=1S/C26H29BrN4O5S2/c1-30-15-17-31(18-16-30)38(35,36)24-13-9-22(10-14-24)28-26(32)25(19-20-5-3-2-4-6-20)29-37(33,34)23-11-7-21(27)8-12-23/h2-14,25,29H,15-19H2,1H3,(H,28,32)/t25-/m1/s1. The molecule has 0 saturated carbocycles. The molecule has 1 aliphatic rings. The summed E-state index contributed by atoms with van der Waals surface area (Å²) >= 11 is 3.29. The number of anilines is 1. The number of amides is 1. The van der Waals surface area contributed by atoms with Gasteiger partial charge in [-0.2, -0.15) is 9.03 Å². The molecule has 2 N–H and O–H groups in total. The van der Waals surface area contributed by atoms with Crippen LogP contribution in [0.5, 0.6) is 0 Å². The van der Waals surface area contributed by atoms with Crippen LogP contribution in [0.15, 0.2) is 93.1 Å². The van der Waals surface area contributed by atoms with E-state index in [9.17, 15) is 21.6 Å². The molecule has 1 fully saturated rings. The molecule has 0 radical (unpaired) electrons. The predicted octanol–water partition coefficient (Wildman–Crippen LogP) is 2.91. The lowest BCUT2D eigenvalue weighted by Gasteiger charge is -2.31. The maximum absolute atomic E-state index is 13.3. The van der Waals surface area contributed by atoms with E-state index in [1.165, 1.54) is 40.7 Å². The smallest absolute Gasteiger partial charge is 0.243 e. The maximum Gasteiger partial charge on any atom is 0.243 e. The maximum atomic E-state index is 13.3. The number of piperazine rings is 1. The molecule has 0 spiro atoms. The highest BCUT2D eigenvalue weighted by Crippen LogP contribution is 2.21. The Kier molecular flexibility index (Phi) is 9.01. The SMILES string of the molecule is CN1CCN(S(=O)(=O)c2ccc(NC(=O)[C@@H](Cc3ccccc3)NS(=O)(=O)c3ccc(Br)cc3)cc2)CC1. The second-order valence-electron chi connectivity index (χ2n) is 9.04. The number of carbonyl (C=O) groups is 1. The number of rotatable bonds is 9. The van der Waals surface area contributed by atoms with E-state index in [-0.39, 0.29) is 16.2 Å². The van der Waals surface area contributed by atoms with Gasteiger partial charge in [-0.1, -0.05) is 46.3 Å². The first kappa shape index (κ1) is 28.4. The van der Waals surface area contributed by atoms with Gasteiger partial charge in [0.2, 0.25) is 26.0 Å². The largest absolute Gasteiger partial charge is 0.325 e. The molecule has 202 valence electrons. The number of likely N-dealkylation sites (N-methyl/N-ethyl adjacent to an activating group) is 1.